The van der Waals surface area contributed by atoms with Crippen molar-refractivity contribution in [2.45, 2.75) is 25.6 Å². The number of nitrogens with zero attached hydrogens (tertiary/aromatic N) is 7. The van der Waals surface area contributed by atoms with Crippen molar-refractivity contribution in [3.8, 4) is 17.3 Å². The molecular weight excluding hydrogens is 424 g/mol. The van der Waals surface area contributed by atoms with Crippen LogP contribution in [0.1, 0.15) is 23.8 Å². The summed E-state index contributed by atoms with van der Waals surface area (Å²) in [7, 11) is -3.42. The summed E-state index contributed by atoms with van der Waals surface area (Å²) >= 11 is 0. The van der Waals surface area contributed by atoms with Crippen LogP contribution in [0.2, 0.25) is 0 Å². The minimum atomic E-state index is -3.42. The van der Waals surface area contributed by atoms with E-state index in [9.17, 15) is 23.6 Å². The van der Waals surface area contributed by atoms with Gasteiger partial charge in [0.1, 0.15) is 24.2 Å². The monoisotopic (exact) mass is 444 g/mol. The van der Waals surface area contributed by atoms with Gasteiger partial charge < -0.3 is 15.4 Å². The van der Waals surface area contributed by atoms with Crippen molar-refractivity contribution < 1.29 is 18.3 Å². The van der Waals surface area contributed by atoms with E-state index < -0.39 is 21.5 Å². The molecule has 0 bridgehead atoms. The van der Waals surface area contributed by atoms with Crippen molar-refractivity contribution in [1.29, 1.82) is 5.26 Å². The third-order valence-electron chi connectivity index (χ3n) is 5.50. The predicted molar refractivity (Wildman–Crippen MR) is 109 cm³/mol. The molecule has 3 N–H and O–H groups in total. The van der Waals surface area contributed by atoms with Gasteiger partial charge in [0.05, 0.1) is 29.5 Å². The zero-order chi connectivity index (χ0) is 22.4. The Bertz CT molecular complexity index is 1310. The topological polar surface area (TPSA) is 173 Å². The first-order chi connectivity index (χ1) is 14.8. The van der Waals surface area contributed by atoms with Crippen LogP contribution in [0, 0.1) is 11.3 Å². The average Bonchev–Trinajstić information content (AvgIpc) is 3.34. The van der Waals surface area contributed by atoms with E-state index in [1.165, 1.54) is 19.9 Å². The molecule has 1 saturated heterocycles. The van der Waals surface area contributed by atoms with Gasteiger partial charge in [-0.3, -0.25) is 9.48 Å². The van der Waals surface area contributed by atoms with Crippen molar-refractivity contribution in [3.63, 3.8) is 0 Å². The number of carbonyl (C=O) groups excluding carboxylic acids is 1. The number of hydrogen-bond donors (Lipinski definition) is 2. The molecule has 4 rings (SSSR count). The largest absolute Gasteiger partial charge is 0.376 e. The molecular formula is C18H20N8O4S. The molecule has 0 aromatic carbocycles. The molecule has 3 aromatic rings. The maximum absolute atomic E-state index is 12.2. The number of aromatic nitrogens is 5. The summed E-state index contributed by atoms with van der Waals surface area (Å²) in [4.78, 5) is 20.6. The standard InChI is InChI=1S/C18H20N8O4S/c1-2-31(29,30)25-8-18(9-25,4-5-19)26-7-13(15(23-26)16(20)28)14-12-3-6-24(11-27)17(12)22-10-21-14/h3,6-7,10,27H,2,4,8-9,11H2,1H3,(H2,20,28). The molecule has 0 aliphatic carbocycles. The average molecular weight is 444 g/mol. The predicted octanol–water partition coefficient (Wildman–Crippen LogP) is -0.382. The number of nitrogens with two attached hydrogens (primary N) is 1. The number of carbonyl (C=O) groups is 1. The fourth-order valence-electron chi connectivity index (χ4n) is 3.78. The molecule has 0 radical (unpaired) electrons. The molecule has 13 heteroatoms. The number of rotatable bonds is 7. The highest BCUT2D eigenvalue weighted by Crippen LogP contribution is 2.37. The van der Waals surface area contributed by atoms with Gasteiger partial charge in [-0.2, -0.15) is 14.7 Å². The van der Waals surface area contributed by atoms with E-state index >= 15 is 0 Å². The quantitative estimate of drug-likeness (QED) is 0.496. The Kier molecular flexibility index (Phi) is 5.00. The van der Waals surface area contributed by atoms with Crippen LogP contribution in [0.25, 0.3) is 22.3 Å². The molecule has 1 aliphatic heterocycles. The molecule has 31 heavy (non-hydrogen) atoms. The summed E-state index contributed by atoms with van der Waals surface area (Å²) in [6.07, 6.45) is 4.50. The molecule has 0 unspecified atom stereocenters. The Balaban J connectivity index is 1.83. The second-order valence-electron chi connectivity index (χ2n) is 7.31. The number of hydrogen-bond acceptors (Lipinski definition) is 8. The third kappa shape index (κ3) is 3.25. The first-order valence-electron chi connectivity index (χ1n) is 9.42. The number of primary amides is 1. The Morgan fingerprint density at radius 1 is 1.39 bits per heavy atom. The van der Waals surface area contributed by atoms with Crippen molar-refractivity contribution in [1.82, 2.24) is 28.6 Å². The first kappa shape index (κ1) is 20.9. The van der Waals surface area contributed by atoms with E-state index in [4.69, 9.17) is 5.73 Å². The summed E-state index contributed by atoms with van der Waals surface area (Å²) in [6.45, 7) is 1.40. The lowest BCUT2D eigenvalue weighted by Crippen LogP contribution is -2.64. The number of amides is 1. The third-order valence-corrected chi connectivity index (χ3v) is 7.28. The summed E-state index contributed by atoms with van der Waals surface area (Å²) in [6, 6.07) is 3.78. The first-order valence-corrected chi connectivity index (χ1v) is 11.0. The lowest BCUT2D eigenvalue weighted by atomic mass is 9.89. The van der Waals surface area contributed by atoms with Gasteiger partial charge in [0.2, 0.25) is 10.0 Å². The Hall–Kier alpha value is -3.34. The van der Waals surface area contributed by atoms with Crippen molar-refractivity contribution in [2.75, 3.05) is 18.8 Å². The number of aliphatic hydroxyl groups excluding tert-OH is 1. The SMILES string of the molecule is CCS(=O)(=O)N1CC(CC#N)(n2cc(-c3ncnc4c3ccn4CO)c(C(N)=O)n2)C1. The van der Waals surface area contributed by atoms with Gasteiger partial charge >= 0.3 is 0 Å². The summed E-state index contributed by atoms with van der Waals surface area (Å²) in [5.41, 5.74) is 5.79. The lowest BCUT2D eigenvalue weighted by Gasteiger charge is -2.47. The molecule has 1 aliphatic rings. The minimum Gasteiger partial charge on any atom is -0.376 e. The van der Waals surface area contributed by atoms with Crippen LogP contribution in [0.5, 0.6) is 0 Å². The number of sulfonamides is 1. The van der Waals surface area contributed by atoms with Crippen LogP contribution >= 0.6 is 0 Å². The van der Waals surface area contributed by atoms with Crippen LogP contribution in [0.15, 0.2) is 24.8 Å². The highest BCUT2D eigenvalue weighted by atomic mass is 32.2. The molecule has 0 saturated carbocycles. The molecule has 1 amide bonds. The maximum atomic E-state index is 12.2. The van der Waals surface area contributed by atoms with Crippen molar-refractivity contribution >= 4 is 27.0 Å². The van der Waals surface area contributed by atoms with E-state index in [1.54, 1.807) is 25.4 Å². The molecule has 0 spiro atoms. The number of nitriles is 1. The molecule has 12 nitrogen and oxygen atoms in total. The van der Waals surface area contributed by atoms with Crippen LogP contribution in [-0.4, -0.2) is 66.9 Å². The molecule has 4 heterocycles. The molecule has 162 valence electrons. The normalized spacial score (nSPS) is 16.2. The Morgan fingerprint density at radius 2 is 2.13 bits per heavy atom. The van der Waals surface area contributed by atoms with Gasteiger partial charge in [0, 0.05) is 30.9 Å². The highest BCUT2D eigenvalue weighted by molar-refractivity contribution is 7.89. The summed E-state index contributed by atoms with van der Waals surface area (Å²) in [5.74, 6) is -0.834. The zero-order valence-electron chi connectivity index (χ0n) is 16.6. The summed E-state index contributed by atoms with van der Waals surface area (Å²) < 4.78 is 28.6. The van der Waals surface area contributed by atoms with Gasteiger partial charge in [-0.25, -0.2) is 18.4 Å². The Labute approximate surface area is 177 Å². The number of fused-ring (bicyclic) bond motifs is 1. The molecule has 1 fully saturated rings. The van der Waals surface area contributed by atoms with E-state index in [0.29, 0.717) is 22.3 Å². The molecule has 0 atom stereocenters. The van der Waals surface area contributed by atoms with E-state index in [2.05, 4.69) is 21.1 Å². The van der Waals surface area contributed by atoms with Crippen LogP contribution < -0.4 is 5.73 Å². The van der Waals surface area contributed by atoms with E-state index in [0.717, 1.165) is 0 Å². The van der Waals surface area contributed by atoms with Gasteiger partial charge in [-0.05, 0) is 13.0 Å². The van der Waals surface area contributed by atoms with Crippen LogP contribution in [-0.2, 0) is 22.3 Å². The van der Waals surface area contributed by atoms with Gasteiger partial charge in [-0.1, -0.05) is 0 Å². The second-order valence-corrected chi connectivity index (χ2v) is 9.57. The molecule has 3 aromatic heterocycles. The highest BCUT2D eigenvalue weighted by Gasteiger charge is 2.50. The van der Waals surface area contributed by atoms with Crippen molar-refractivity contribution in [2.24, 2.45) is 5.73 Å². The van der Waals surface area contributed by atoms with Crippen molar-refractivity contribution in [3.05, 3.63) is 30.5 Å². The fraction of sp³-hybridized carbons (Fsp3) is 0.389. The zero-order valence-corrected chi connectivity index (χ0v) is 17.4. The van der Waals surface area contributed by atoms with Crippen LogP contribution in [0.3, 0.4) is 0 Å². The van der Waals surface area contributed by atoms with Gasteiger partial charge in [-0.15, -0.1) is 0 Å². The Morgan fingerprint density at radius 3 is 2.74 bits per heavy atom. The van der Waals surface area contributed by atoms with Gasteiger partial charge in [0.25, 0.3) is 5.91 Å². The van der Waals surface area contributed by atoms with E-state index in [1.807, 2.05) is 0 Å². The smallest absolute Gasteiger partial charge is 0.269 e. The van der Waals surface area contributed by atoms with Gasteiger partial charge in [0.15, 0.2) is 5.69 Å². The second kappa shape index (κ2) is 7.41. The van der Waals surface area contributed by atoms with E-state index in [-0.39, 0.29) is 37.7 Å². The minimum absolute atomic E-state index is 0.00211. The van der Waals surface area contributed by atoms with Crippen LogP contribution in [0.4, 0.5) is 0 Å². The number of aliphatic hydroxyl groups is 1. The summed E-state index contributed by atoms with van der Waals surface area (Å²) in [5, 5.41) is 23.7. The lowest BCUT2D eigenvalue weighted by molar-refractivity contribution is 0.0709. The fourth-order valence-corrected chi connectivity index (χ4v) is 5.02. The maximum Gasteiger partial charge on any atom is 0.269 e.